The highest BCUT2D eigenvalue weighted by Gasteiger charge is 2.35. The number of ether oxygens (including phenoxy) is 1. The van der Waals surface area contributed by atoms with Gasteiger partial charge in [0.15, 0.2) is 0 Å². The third kappa shape index (κ3) is 3.95. The number of nitro benzene ring substituents is 1. The van der Waals surface area contributed by atoms with Crippen LogP contribution in [0.5, 0.6) is 0 Å². The number of benzene rings is 2. The van der Waals surface area contributed by atoms with E-state index in [1.807, 2.05) is 30.3 Å². The number of likely N-dealkylation sites (tertiary alicyclic amines) is 1. The Hall–Kier alpha value is -2.93. The van der Waals surface area contributed by atoms with E-state index in [0.717, 1.165) is 11.1 Å². The number of aliphatic hydroxyl groups excluding tert-OH is 1. The van der Waals surface area contributed by atoms with Crippen LogP contribution in [0.3, 0.4) is 0 Å². The van der Waals surface area contributed by atoms with Gasteiger partial charge in [-0.2, -0.15) is 0 Å². The molecule has 3 rings (SSSR count). The summed E-state index contributed by atoms with van der Waals surface area (Å²) in [6.45, 7) is 0.663. The maximum absolute atomic E-state index is 12.2. The van der Waals surface area contributed by atoms with Crippen molar-refractivity contribution in [3.05, 3.63) is 75.8 Å². The zero-order chi connectivity index (χ0) is 17.8. The van der Waals surface area contributed by atoms with Crippen LogP contribution >= 0.6 is 0 Å². The highest BCUT2D eigenvalue weighted by Crippen LogP contribution is 2.29. The van der Waals surface area contributed by atoms with Crippen molar-refractivity contribution in [2.45, 2.75) is 18.6 Å². The van der Waals surface area contributed by atoms with Crippen LogP contribution in [-0.2, 0) is 11.3 Å². The lowest BCUT2D eigenvalue weighted by molar-refractivity contribution is -0.384. The van der Waals surface area contributed by atoms with Gasteiger partial charge in [0.2, 0.25) is 0 Å². The lowest BCUT2D eigenvalue weighted by Crippen LogP contribution is -2.30. The second kappa shape index (κ2) is 7.31. The fourth-order valence-electron chi connectivity index (χ4n) is 2.92. The van der Waals surface area contributed by atoms with Crippen LogP contribution in [0, 0.1) is 10.1 Å². The van der Waals surface area contributed by atoms with E-state index in [1.54, 1.807) is 12.1 Å². The van der Waals surface area contributed by atoms with E-state index in [2.05, 4.69) is 0 Å². The van der Waals surface area contributed by atoms with Crippen LogP contribution < -0.4 is 0 Å². The molecular weight excluding hydrogens is 324 g/mol. The van der Waals surface area contributed by atoms with Crippen molar-refractivity contribution in [1.29, 1.82) is 0 Å². The smallest absolute Gasteiger partial charge is 0.410 e. The Morgan fingerprint density at radius 3 is 2.48 bits per heavy atom. The van der Waals surface area contributed by atoms with E-state index in [0.29, 0.717) is 6.54 Å². The van der Waals surface area contributed by atoms with Gasteiger partial charge in [-0.15, -0.1) is 0 Å². The molecule has 1 amide bonds. The maximum Gasteiger partial charge on any atom is 0.410 e. The van der Waals surface area contributed by atoms with Crippen LogP contribution in [0.1, 0.15) is 17.0 Å². The normalized spacial score (nSPS) is 19.6. The number of hydrogen-bond donors (Lipinski definition) is 1. The molecule has 2 aromatic carbocycles. The summed E-state index contributed by atoms with van der Waals surface area (Å²) < 4.78 is 5.28. The lowest BCUT2D eigenvalue weighted by Gasteiger charge is -2.16. The van der Waals surface area contributed by atoms with Crippen LogP contribution in [-0.4, -0.2) is 40.2 Å². The van der Waals surface area contributed by atoms with Gasteiger partial charge >= 0.3 is 6.09 Å². The van der Waals surface area contributed by atoms with E-state index >= 15 is 0 Å². The largest absolute Gasteiger partial charge is 0.445 e. The summed E-state index contributed by atoms with van der Waals surface area (Å²) in [5, 5.41) is 21.0. The summed E-state index contributed by atoms with van der Waals surface area (Å²) in [5.41, 5.74) is 1.65. The molecule has 0 bridgehead atoms. The minimum atomic E-state index is -0.731. The number of nitrogens with zero attached hydrogens (tertiary/aromatic N) is 2. The zero-order valence-electron chi connectivity index (χ0n) is 13.4. The summed E-state index contributed by atoms with van der Waals surface area (Å²) in [4.78, 5) is 23.9. The highest BCUT2D eigenvalue weighted by molar-refractivity contribution is 5.68. The molecule has 0 saturated carbocycles. The molecule has 1 aliphatic heterocycles. The van der Waals surface area contributed by atoms with Crippen molar-refractivity contribution in [2.24, 2.45) is 0 Å². The molecule has 1 heterocycles. The quantitative estimate of drug-likeness (QED) is 0.681. The predicted molar refractivity (Wildman–Crippen MR) is 90.0 cm³/mol. The highest BCUT2D eigenvalue weighted by atomic mass is 16.6. The molecule has 130 valence electrons. The van der Waals surface area contributed by atoms with Gasteiger partial charge in [-0.3, -0.25) is 10.1 Å². The maximum atomic E-state index is 12.2. The molecule has 0 spiro atoms. The van der Waals surface area contributed by atoms with E-state index in [9.17, 15) is 20.0 Å². The minimum Gasteiger partial charge on any atom is -0.445 e. The van der Waals surface area contributed by atoms with Gasteiger partial charge in [0.25, 0.3) is 5.69 Å². The molecule has 0 aliphatic carbocycles. The molecule has 1 saturated heterocycles. The topological polar surface area (TPSA) is 92.9 Å². The first-order chi connectivity index (χ1) is 12.0. The molecule has 7 heteroatoms. The summed E-state index contributed by atoms with van der Waals surface area (Å²) in [6, 6.07) is 15.4. The van der Waals surface area contributed by atoms with Crippen molar-refractivity contribution in [1.82, 2.24) is 4.90 Å². The van der Waals surface area contributed by atoms with Crippen molar-refractivity contribution in [3.8, 4) is 0 Å². The van der Waals surface area contributed by atoms with E-state index in [4.69, 9.17) is 4.74 Å². The van der Waals surface area contributed by atoms with Crippen LogP contribution in [0.2, 0.25) is 0 Å². The number of rotatable bonds is 4. The average Bonchev–Trinajstić information content (AvgIpc) is 3.02. The number of carbonyl (C=O) groups is 1. The predicted octanol–water partition coefficient (Wildman–Crippen LogP) is 2.69. The third-order valence-corrected chi connectivity index (χ3v) is 4.28. The van der Waals surface area contributed by atoms with Gasteiger partial charge in [-0.05, 0) is 11.1 Å². The lowest BCUT2D eigenvalue weighted by atomic mass is 9.96. The summed E-state index contributed by atoms with van der Waals surface area (Å²) in [7, 11) is 0. The first kappa shape index (κ1) is 16.9. The number of non-ortho nitro benzene ring substituents is 1. The monoisotopic (exact) mass is 342 g/mol. The molecular formula is C18H18N2O5. The Morgan fingerprint density at radius 1 is 1.16 bits per heavy atom. The number of amides is 1. The minimum absolute atomic E-state index is 0.00429. The Bertz CT molecular complexity index is 748. The van der Waals surface area contributed by atoms with Crippen LogP contribution in [0.25, 0.3) is 0 Å². The molecule has 25 heavy (non-hydrogen) atoms. The molecule has 0 radical (unpaired) electrons. The third-order valence-electron chi connectivity index (χ3n) is 4.28. The fraction of sp³-hybridized carbons (Fsp3) is 0.278. The first-order valence-corrected chi connectivity index (χ1v) is 7.92. The van der Waals surface area contributed by atoms with Gasteiger partial charge in [0.05, 0.1) is 17.6 Å². The second-order valence-corrected chi connectivity index (χ2v) is 5.97. The number of hydrogen-bond acceptors (Lipinski definition) is 5. The van der Waals surface area contributed by atoms with Gasteiger partial charge in [-0.25, -0.2) is 4.79 Å². The van der Waals surface area contributed by atoms with Crippen molar-refractivity contribution < 1.29 is 19.6 Å². The van der Waals surface area contributed by atoms with Crippen molar-refractivity contribution >= 4 is 11.8 Å². The van der Waals surface area contributed by atoms with Crippen molar-refractivity contribution in [3.63, 3.8) is 0 Å². The number of nitro groups is 1. The Kier molecular flexibility index (Phi) is 4.95. The van der Waals surface area contributed by atoms with E-state index in [-0.39, 0.29) is 24.8 Å². The average molecular weight is 342 g/mol. The molecule has 1 fully saturated rings. The molecule has 7 nitrogen and oxygen atoms in total. The molecule has 0 unspecified atom stereocenters. The molecule has 2 atom stereocenters. The van der Waals surface area contributed by atoms with Gasteiger partial charge in [-0.1, -0.05) is 42.5 Å². The second-order valence-electron chi connectivity index (χ2n) is 5.97. The fourth-order valence-corrected chi connectivity index (χ4v) is 2.92. The molecule has 0 aromatic heterocycles. The van der Waals surface area contributed by atoms with Gasteiger partial charge in [0.1, 0.15) is 6.61 Å². The van der Waals surface area contributed by atoms with Crippen LogP contribution in [0.4, 0.5) is 10.5 Å². The standard InChI is InChI=1S/C18H18N2O5/c21-17-11-19(18(22)25-12-13-4-2-1-3-5-13)10-16(17)14-6-8-15(9-7-14)20(23)24/h1-9,16-17,21H,10-12H2/t16-,17+/m0/s1. The number of β-amino-alcohol motifs (C(OH)–C–C–N with tert-alkyl or cyclic N) is 1. The van der Waals surface area contributed by atoms with Gasteiger partial charge in [0, 0.05) is 24.6 Å². The van der Waals surface area contributed by atoms with Crippen molar-refractivity contribution in [2.75, 3.05) is 13.1 Å². The summed E-state index contributed by atoms with van der Waals surface area (Å²) >= 11 is 0. The molecule has 1 N–H and O–H groups in total. The summed E-state index contributed by atoms with van der Waals surface area (Å²) in [5.74, 6) is -0.287. The van der Waals surface area contributed by atoms with E-state index in [1.165, 1.54) is 17.0 Å². The Morgan fingerprint density at radius 2 is 1.84 bits per heavy atom. The van der Waals surface area contributed by atoms with Crippen LogP contribution in [0.15, 0.2) is 54.6 Å². The number of carbonyl (C=O) groups excluding carboxylic acids is 1. The first-order valence-electron chi connectivity index (χ1n) is 7.92. The molecule has 1 aliphatic rings. The molecule has 2 aromatic rings. The summed E-state index contributed by atoms with van der Waals surface area (Å²) in [6.07, 6.45) is -1.21. The zero-order valence-corrected chi connectivity index (χ0v) is 13.4. The number of aliphatic hydroxyl groups is 1. The Balaban J connectivity index is 1.60. The Labute approximate surface area is 144 Å². The SMILES string of the molecule is O=C(OCc1ccccc1)N1C[C@@H](O)[C@H](c2ccc([N+](=O)[O-])cc2)C1. The van der Waals surface area contributed by atoms with Gasteiger partial charge < -0.3 is 14.7 Å². The van der Waals surface area contributed by atoms with E-state index < -0.39 is 17.1 Å².